The first-order chi connectivity index (χ1) is 8.99. The lowest BCUT2D eigenvalue weighted by atomic mass is 10.2. The van der Waals surface area contributed by atoms with Gasteiger partial charge in [-0.05, 0) is 56.5 Å². The molecule has 0 fully saturated rings. The molecule has 1 aromatic heterocycles. The maximum atomic E-state index is 9.65. The van der Waals surface area contributed by atoms with Crippen molar-refractivity contribution in [1.29, 1.82) is 0 Å². The fourth-order valence-corrected chi connectivity index (χ4v) is 3.06. The summed E-state index contributed by atoms with van der Waals surface area (Å²) in [6.45, 7) is 3.55. The number of nitrogens with one attached hydrogen (secondary N) is 1. The van der Waals surface area contributed by atoms with Crippen molar-refractivity contribution in [2.24, 2.45) is 7.05 Å². The topological polar surface area (TPSA) is 50.1 Å². The Balaban J connectivity index is 1.98. The molecule has 0 saturated carbocycles. The highest BCUT2D eigenvalue weighted by Crippen LogP contribution is 2.33. The van der Waals surface area contributed by atoms with Crippen molar-refractivity contribution in [3.05, 3.63) is 44.1 Å². The molecule has 2 aromatic rings. The van der Waals surface area contributed by atoms with E-state index in [1.54, 1.807) is 0 Å². The molecular formula is C13H15Br2N3O. The molecule has 0 aliphatic rings. The molecule has 0 atom stereocenters. The Morgan fingerprint density at radius 3 is 2.42 bits per heavy atom. The average molecular weight is 389 g/mol. The Morgan fingerprint density at radius 1 is 1.26 bits per heavy atom. The summed E-state index contributed by atoms with van der Waals surface area (Å²) in [7, 11) is 1.94. The zero-order valence-electron chi connectivity index (χ0n) is 10.7. The van der Waals surface area contributed by atoms with E-state index in [0.717, 1.165) is 18.7 Å². The summed E-state index contributed by atoms with van der Waals surface area (Å²) in [5, 5.41) is 17.2. The van der Waals surface area contributed by atoms with Gasteiger partial charge in [-0.1, -0.05) is 0 Å². The van der Waals surface area contributed by atoms with Crippen molar-refractivity contribution in [2.75, 3.05) is 0 Å². The molecule has 0 unspecified atom stereocenters. The predicted octanol–water partition coefficient (Wildman–Crippen LogP) is 3.25. The Labute approximate surface area is 129 Å². The monoisotopic (exact) mass is 387 g/mol. The van der Waals surface area contributed by atoms with Gasteiger partial charge in [0, 0.05) is 31.4 Å². The van der Waals surface area contributed by atoms with E-state index in [0.29, 0.717) is 8.95 Å². The first-order valence-electron chi connectivity index (χ1n) is 5.84. The summed E-state index contributed by atoms with van der Waals surface area (Å²) >= 11 is 6.66. The molecule has 0 saturated heterocycles. The largest absolute Gasteiger partial charge is 0.506 e. The maximum absolute atomic E-state index is 9.65. The van der Waals surface area contributed by atoms with Crippen LogP contribution in [0, 0.1) is 6.92 Å². The van der Waals surface area contributed by atoms with E-state index >= 15 is 0 Å². The van der Waals surface area contributed by atoms with Crippen molar-refractivity contribution >= 4 is 31.9 Å². The zero-order valence-corrected chi connectivity index (χ0v) is 13.9. The molecule has 2 N–H and O–H groups in total. The van der Waals surface area contributed by atoms with Gasteiger partial charge in [-0.25, -0.2) is 0 Å². The van der Waals surface area contributed by atoms with Crippen LogP contribution >= 0.6 is 31.9 Å². The lowest BCUT2D eigenvalue weighted by Crippen LogP contribution is -2.13. The van der Waals surface area contributed by atoms with E-state index < -0.39 is 0 Å². The molecule has 4 nitrogen and oxygen atoms in total. The Kier molecular flexibility index (Phi) is 4.65. The first kappa shape index (κ1) is 14.6. The number of aromatic nitrogens is 2. The molecule has 0 aliphatic heterocycles. The van der Waals surface area contributed by atoms with Crippen molar-refractivity contribution in [1.82, 2.24) is 15.1 Å². The third kappa shape index (κ3) is 3.38. The molecule has 0 bridgehead atoms. The molecule has 6 heteroatoms. The van der Waals surface area contributed by atoms with Gasteiger partial charge in [0.25, 0.3) is 0 Å². The second-order valence-electron chi connectivity index (χ2n) is 4.39. The van der Waals surface area contributed by atoms with Gasteiger partial charge >= 0.3 is 0 Å². The van der Waals surface area contributed by atoms with Crippen LogP contribution in [-0.4, -0.2) is 14.9 Å². The third-order valence-corrected chi connectivity index (χ3v) is 4.27. The molecule has 0 aliphatic carbocycles. The molecule has 0 amide bonds. The van der Waals surface area contributed by atoms with Crippen molar-refractivity contribution in [3.63, 3.8) is 0 Å². The number of aromatic hydroxyl groups is 1. The number of benzene rings is 1. The lowest BCUT2D eigenvalue weighted by Gasteiger charge is -2.08. The third-order valence-electron chi connectivity index (χ3n) is 3.06. The van der Waals surface area contributed by atoms with E-state index in [2.05, 4.69) is 49.2 Å². The molecular weight excluding hydrogens is 374 g/mol. The van der Waals surface area contributed by atoms with Crippen LogP contribution in [0.2, 0.25) is 0 Å². The van der Waals surface area contributed by atoms with Gasteiger partial charge in [0.1, 0.15) is 5.75 Å². The fourth-order valence-electron chi connectivity index (χ4n) is 1.78. The van der Waals surface area contributed by atoms with E-state index in [1.165, 1.54) is 11.3 Å². The van der Waals surface area contributed by atoms with Gasteiger partial charge in [-0.15, -0.1) is 0 Å². The highest BCUT2D eigenvalue weighted by atomic mass is 79.9. The van der Waals surface area contributed by atoms with E-state index in [1.807, 2.05) is 30.1 Å². The molecule has 19 heavy (non-hydrogen) atoms. The van der Waals surface area contributed by atoms with Gasteiger partial charge in [0.2, 0.25) is 0 Å². The Bertz CT molecular complexity index is 573. The molecule has 1 heterocycles. The number of phenols is 1. The minimum atomic E-state index is 0.229. The highest BCUT2D eigenvalue weighted by Gasteiger charge is 2.07. The van der Waals surface area contributed by atoms with Gasteiger partial charge < -0.3 is 10.4 Å². The fraction of sp³-hybridized carbons (Fsp3) is 0.308. The van der Waals surface area contributed by atoms with Crippen LogP contribution < -0.4 is 5.32 Å². The average Bonchev–Trinajstić information content (AvgIpc) is 2.68. The van der Waals surface area contributed by atoms with Gasteiger partial charge in [0.15, 0.2) is 0 Å². The number of hydrogen-bond acceptors (Lipinski definition) is 3. The normalized spacial score (nSPS) is 10.9. The summed E-state index contributed by atoms with van der Waals surface area (Å²) in [6.07, 6.45) is 1.88. The number of rotatable bonds is 4. The van der Waals surface area contributed by atoms with E-state index in [4.69, 9.17) is 0 Å². The summed E-state index contributed by atoms with van der Waals surface area (Å²) < 4.78 is 3.25. The SMILES string of the molecule is Cc1c(CNCc2cc(Br)c(O)c(Br)c2)cnn1C. The minimum absolute atomic E-state index is 0.229. The number of halogens is 2. The molecule has 0 radical (unpaired) electrons. The smallest absolute Gasteiger partial charge is 0.143 e. The predicted molar refractivity (Wildman–Crippen MR) is 82.0 cm³/mol. The van der Waals surface area contributed by atoms with Crippen LogP contribution in [0.25, 0.3) is 0 Å². The first-order valence-corrected chi connectivity index (χ1v) is 7.42. The Hall–Kier alpha value is -0.850. The summed E-state index contributed by atoms with van der Waals surface area (Å²) in [5.41, 5.74) is 3.46. The summed E-state index contributed by atoms with van der Waals surface area (Å²) in [4.78, 5) is 0. The van der Waals surface area contributed by atoms with Crippen LogP contribution in [0.3, 0.4) is 0 Å². The van der Waals surface area contributed by atoms with E-state index in [-0.39, 0.29) is 5.75 Å². The molecule has 2 rings (SSSR count). The summed E-state index contributed by atoms with van der Waals surface area (Å²) in [6, 6.07) is 3.81. The number of nitrogens with zero attached hydrogens (tertiary/aromatic N) is 2. The maximum Gasteiger partial charge on any atom is 0.143 e. The highest BCUT2D eigenvalue weighted by molar-refractivity contribution is 9.11. The van der Waals surface area contributed by atoms with Crippen LogP contribution in [0.5, 0.6) is 5.75 Å². The number of phenolic OH excluding ortho intramolecular Hbond substituents is 1. The van der Waals surface area contributed by atoms with Crippen LogP contribution in [0.1, 0.15) is 16.8 Å². The van der Waals surface area contributed by atoms with Crippen LogP contribution in [-0.2, 0) is 20.1 Å². The van der Waals surface area contributed by atoms with Crippen LogP contribution in [0.15, 0.2) is 27.3 Å². The Morgan fingerprint density at radius 2 is 1.89 bits per heavy atom. The van der Waals surface area contributed by atoms with Crippen molar-refractivity contribution in [2.45, 2.75) is 20.0 Å². The molecule has 0 spiro atoms. The second-order valence-corrected chi connectivity index (χ2v) is 6.10. The zero-order chi connectivity index (χ0) is 14.0. The standard InChI is InChI=1S/C13H15Br2N3O/c1-8-10(7-17-18(8)2)6-16-5-9-3-11(14)13(19)12(15)4-9/h3-4,7,16,19H,5-6H2,1-2H3. The molecule has 102 valence electrons. The molecule has 1 aromatic carbocycles. The van der Waals surface area contributed by atoms with Gasteiger partial charge in [-0.3, -0.25) is 4.68 Å². The quantitative estimate of drug-likeness (QED) is 0.845. The number of aryl methyl sites for hydroxylation is 1. The second kappa shape index (κ2) is 6.07. The lowest BCUT2D eigenvalue weighted by molar-refractivity contribution is 0.468. The van der Waals surface area contributed by atoms with Gasteiger partial charge in [-0.2, -0.15) is 5.10 Å². The van der Waals surface area contributed by atoms with Crippen molar-refractivity contribution < 1.29 is 5.11 Å². The minimum Gasteiger partial charge on any atom is -0.506 e. The summed E-state index contributed by atoms with van der Waals surface area (Å²) in [5.74, 6) is 0.229. The van der Waals surface area contributed by atoms with Gasteiger partial charge in [0.05, 0.1) is 15.1 Å². The van der Waals surface area contributed by atoms with E-state index in [9.17, 15) is 5.11 Å². The van der Waals surface area contributed by atoms with Crippen LogP contribution in [0.4, 0.5) is 0 Å². The number of hydrogen-bond donors (Lipinski definition) is 2. The van der Waals surface area contributed by atoms with Crippen molar-refractivity contribution in [3.8, 4) is 5.75 Å².